The van der Waals surface area contributed by atoms with Crippen LogP contribution in [0.2, 0.25) is 0 Å². The van der Waals surface area contributed by atoms with Crippen LogP contribution < -0.4 is 11.1 Å². The molecule has 18 heavy (non-hydrogen) atoms. The topological polar surface area (TPSA) is 58.4 Å². The zero-order valence-electron chi connectivity index (χ0n) is 11.5. The summed E-state index contributed by atoms with van der Waals surface area (Å²) in [6.07, 6.45) is 7.99. The molecule has 0 aromatic heterocycles. The van der Waals surface area contributed by atoms with Crippen LogP contribution in [-0.4, -0.2) is 42.0 Å². The number of amides is 1. The number of piperidine rings is 1. The zero-order chi connectivity index (χ0) is 13.0. The molecule has 0 aromatic rings. The fourth-order valence-electron chi connectivity index (χ4n) is 3.10. The standard InChI is InChI=1S/C14H27N3O/c1-11(14(18)17-9-3-2-4-10-17)16-13-7-5-12(15)6-8-13/h11-13,16H,2-10,15H2,1H3. The molecule has 1 aliphatic carbocycles. The molecule has 0 spiro atoms. The van der Waals surface area contributed by atoms with Crippen LogP contribution in [0.25, 0.3) is 0 Å². The van der Waals surface area contributed by atoms with E-state index in [1.807, 2.05) is 11.8 Å². The Balaban J connectivity index is 1.76. The first-order valence-corrected chi connectivity index (χ1v) is 7.47. The van der Waals surface area contributed by atoms with Gasteiger partial charge in [0.15, 0.2) is 0 Å². The highest BCUT2D eigenvalue weighted by molar-refractivity contribution is 5.81. The first kappa shape index (κ1) is 13.8. The lowest BCUT2D eigenvalue weighted by molar-refractivity contribution is -0.134. The van der Waals surface area contributed by atoms with Crippen LogP contribution in [0.15, 0.2) is 0 Å². The molecule has 104 valence electrons. The minimum atomic E-state index is -0.0394. The highest BCUT2D eigenvalue weighted by atomic mass is 16.2. The molecule has 3 N–H and O–H groups in total. The number of nitrogens with two attached hydrogens (primary N) is 1. The van der Waals surface area contributed by atoms with Crippen molar-refractivity contribution in [1.29, 1.82) is 0 Å². The van der Waals surface area contributed by atoms with Crippen molar-refractivity contribution in [2.24, 2.45) is 5.73 Å². The predicted molar refractivity (Wildman–Crippen MR) is 73.3 cm³/mol. The van der Waals surface area contributed by atoms with E-state index in [1.54, 1.807) is 0 Å². The maximum atomic E-state index is 12.3. The van der Waals surface area contributed by atoms with Crippen LogP contribution in [0.4, 0.5) is 0 Å². The molecule has 1 saturated heterocycles. The van der Waals surface area contributed by atoms with Crippen LogP contribution in [-0.2, 0) is 4.79 Å². The third kappa shape index (κ3) is 3.69. The van der Waals surface area contributed by atoms with Gasteiger partial charge < -0.3 is 16.0 Å². The van der Waals surface area contributed by atoms with E-state index in [4.69, 9.17) is 5.73 Å². The molecule has 1 atom stereocenters. The monoisotopic (exact) mass is 253 g/mol. The van der Waals surface area contributed by atoms with E-state index < -0.39 is 0 Å². The average molecular weight is 253 g/mol. The maximum Gasteiger partial charge on any atom is 0.239 e. The summed E-state index contributed by atoms with van der Waals surface area (Å²) in [5.74, 6) is 0.282. The van der Waals surface area contributed by atoms with Crippen LogP contribution in [0.3, 0.4) is 0 Å². The van der Waals surface area contributed by atoms with E-state index in [9.17, 15) is 4.79 Å². The molecular formula is C14H27N3O. The predicted octanol–water partition coefficient (Wildman–Crippen LogP) is 1.25. The number of hydrogen-bond acceptors (Lipinski definition) is 3. The Labute approximate surface area is 110 Å². The number of rotatable bonds is 3. The number of carbonyl (C=O) groups excluding carboxylic acids is 1. The average Bonchev–Trinajstić information content (AvgIpc) is 2.41. The Bertz CT molecular complexity index is 268. The number of carbonyl (C=O) groups is 1. The highest BCUT2D eigenvalue weighted by Gasteiger charge is 2.25. The molecule has 1 heterocycles. The first-order valence-electron chi connectivity index (χ1n) is 7.47. The van der Waals surface area contributed by atoms with E-state index in [0.717, 1.165) is 51.6 Å². The second-order valence-electron chi connectivity index (χ2n) is 5.89. The Hall–Kier alpha value is -0.610. The molecule has 0 radical (unpaired) electrons. The summed E-state index contributed by atoms with van der Waals surface area (Å²) in [5, 5.41) is 3.49. The van der Waals surface area contributed by atoms with Gasteiger partial charge in [0, 0.05) is 25.2 Å². The van der Waals surface area contributed by atoms with Gasteiger partial charge in [-0.05, 0) is 51.9 Å². The Kier molecular flexibility index (Phi) is 5.01. The van der Waals surface area contributed by atoms with Gasteiger partial charge in [-0.25, -0.2) is 0 Å². The van der Waals surface area contributed by atoms with Gasteiger partial charge in [-0.15, -0.1) is 0 Å². The molecule has 1 unspecified atom stereocenters. The van der Waals surface area contributed by atoms with Crippen molar-refractivity contribution in [1.82, 2.24) is 10.2 Å². The summed E-state index contributed by atoms with van der Waals surface area (Å²) in [7, 11) is 0. The molecule has 2 fully saturated rings. The lowest BCUT2D eigenvalue weighted by atomic mass is 9.91. The van der Waals surface area contributed by atoms with Crippen molar-refractivity contribution in [3.63, 3.8) is 0 Å². The minimum absolute atomic E-state index is 0.0394. The molecule has 4 nitrogen and oxygen atoms in total. The summed E-state index contributed by atoms with van der Waals surface area (Å²) in [6, 6.07) is 0.812. The lowest BCUT2D eigenvalue weighted by Gasteiger charge is -2.33. The van der Waals surface area contributed by atoms with Gasteiger partial charge >= 0.3 is 0 Å². The highest BCUT2D eigenvalue weighted by Crippen LogP contribution is 2.18. The van der Waals surface area contributed by atoms with Gasteiger partial charge in [0.1, 0.15) is 0 Å². The Morgan fingerprint density at radius 3 is 2.39 bits per heavy atom. The molecule has 4 heteroatoms. The van der Waals surface area contributed by atoms with E-state index in [1.165, 1.54) is 6.42 Å². The lowest BCUT2D eigenvalue weighted by Crippen LogP contribution is -2.50. The van der Waals surface area contributed by atoms with Crippen molar-refractivity contribution in [3.05, 3.63) is 0 Å². The molecule has 2 aliphatic rings. The molecule has 2 rings (SSSR count). The van der Waals surface area contributed by atoms with Crippen LogP contribution in [0.1, 0.15) is 51.9 Å². The maximum absolute atomic E-state index is 12.3. The van der Waals surface area contributed by atoms with E-state index in [0.29, 0.717) is 12.1 Å². The van der Waals surface area contributed by atoms with Crippen molar-refractivity contribution in [2.75, 3.05) is 13.1 Å². The second kappa shape index (κ2) is 6.53. The molecule has 0 bridgehead atoms. The third-order valence-electron chi connectivity index (χ3n) is 4.30. The molecule has 0 aromatic carbocycles. The Morgan fingerprint density at radius 2 is 1.78 bits per heavy atom. The van der Waals surface area contributed by atoms with Crippen LogP contribution >= 0.6 is 0 Å². The fourth-order valence-corrected chi connectivity index (χ4v) is 3.10. The van der Waals surface area contributed by atoms with Gasteiger partial charge in [0.25, 0.3) is 0 Å². The fraction of sp³-hybridized carbons (Fsp3) is 0.929. The smallest absolute Gasteiger partial charge is 0.239 e. The van der Waals surface area contributed by atoms with Crippen LogP contribution in [0.5, 0.6) is 0 Å². The summed E-state index contributed by atoms with van der Waals surface area (Å²) in [4.78, 5) is 14.3. The number of hydrogen-bond donors (Lipinski definition) is 2. The number of nitrogens with one attached hydrogen (secondary N) is 1. The molecular weight excluding hydrogens is 226 g/mol. The normalized spacial score (nSPS) is 31.1. The summed E-state index contributed by atoms with van der Waals surface area (Å²) in [5.41, 5.74) is 5.90. The minimum Gasteiger partial charge on any atom is -0.341 e. The summed E-state index contributed by atoms with van der Waals surface area (Å²) < 4.78 is 0. The second-order valence-corrected chi connectivity index (χ2v) is 5.89. The molecule has 1 aliphatic heterocycles. The number of nitrogens with zero attached hydrogens (tertiary/aromatic N) is 1. The van der Waals surface area contributed by atoms with Gasteiger partial charge in [0.05, 0.1) is 6.04 Å². The van der Waals surface area contributed by atoms with Gasteiger partial charge in [-0.3, -0.25) is 4.79 Å². The first-order chi connectivity index (χ1) is 8.66. The quantitative estimate of drug-likeness (QED) is 0.796. The van der Waals surface area contributed by atoms with Crippen molar-refractivity contribution < 1.29 is 4.79 Å². The van der Waals surface area contributed by atoms with E-state index in [-0.39, 0.29) is 11.9 Å². The van der Waals surface area contributed by atoms with Crippen LogP contribution in [0, 0.1) is 0 Å². The van der Waals surface area contributed by atoms with Gasteiger partial charge in [0.2, 0.25) is 5.91 Å². The van der Waals surface area contributed by atoms with E-state index in [2.05, 4.69) is 5.32 Å². The summed E-state index contributed by atoms with van der Waals surface area (Å²) >= 11 is 0. The number of likely N-dealkylation sites (tertiary alicyclic amines) is 1. The SMILES string of the molecule is CC(NC1CCC(N)CC1)C(=O)N1CCCCC1. The Morgan fingerprint density at radius 1 is 1.17 bits per heavy atom. The van der Waals surface area contributed by atoms with Crippen molar-refractivity contribution in [3.8, 4) is 0 Å². The molecule has 1 saturated carbocycles. The van der Waals surface area contributed by atoms with E-state index >= 15 is 0 Å². The summed E-state index contributed by atoms with van der Waals surface area (Å²) in [6.45, 7) is 3.90. The third-order valence-corrected chi connectivity index (χ3v) is 4.30. The molecule has 1 amide bonds. The van der Waals surface area contributed by atoms with Crippen molar-refractivity contribution in [2.45, 2.75) is 70.0 Å². The van der Waals surface area contributed by atoms with Gasteiger partial charge in [-0.1, -0.05) is 0 Å². The van der Waals surface area contributed by atoms with Gasteiger partial charge in [-0.2, -0.15) is 0 Å². The zero-order valence-corrected chi connectivity index (χ0v) is 11.5. The van der Waals surface area contributed by atoms with Crippen molar-refractivity contribution >= 4 is 5.91 Å². The largest absolute Gasteiger partial charge is 0.341 e.